The second kappa shape index (κ2) is 9.83. The highest BCUT2D eigenvalue weighted by molar-refractivity contribution is 6.04. The normalized spacial score (nSPS) is 11.2. The molecule has 172 valence electrons. The Morgan fingerprint density at radius 1 is 0.912 bits per heavy atom. The smallest absolute Gasteiger partial charge is 0.255 e. The number of carbonyl (C=O) groups excluding carboxylic acids is 1. The van der Waals surface area contributed by atoms with Gasteiger partial charge in [-0.05, 0) is 60.2 Å². The van der Waals surface area contributed by atoms with Crippen LogP contribution in [0.2, 0.25) is 0 Å². The molecule has 0 bridgehead atoms. The van der Waals surface area contributed by atoms with Gasteiger partial charge >= 0.3 is 0 Å². The molecule has 6 heteroatoms. The van der Waals surface area contributed by atoms with E-state index < -0.39 is 0 Å². The number of aryl methyl sites for hydroxylation is 1. The van der Waals surface area contributed by atoms with Crippen LogP contribution in [0.15, 0.2) is 79.4 Å². The Bertz CT molecular complexity index is 1260. The summed E-state index contributed by atoms with van der Waals surface area (Å²) in [4.78, 5) is 25.8. The Morgan fingerprint density at radius 2 is 1.65 bits per heavy atom. The highest BCUT2D eigenvalue weighted by Crippen LogP contribution is 2.25. The summed E-state index contributed by atoms with van der Waals surface area (Å²) in [6, 6.07) is 17.4. The topological polar surface area (TPSA) is 79.8 Å². The Balaban J connectivity index is 1.44. The molecule has 2 N–H and O–H groups in total. The van der Waals surface area contributed by atoms with Gasteiger partial charge in [-0.3, -0.25) is 9.78 Å². The van der Waals surface area contributed by atoms with Crippen molar-refractivity contribution < 1.29 is 4.79 Å². The second-order valence-electron chi connectivity index (χ2n) is 9.58. The predicted octanol–water partition coefficient (Wildman–Crippen LogP) is 6.43. The lowest BCUT2D eigenvalue weighted by Crippen LogP contribution is -2.13. The Labute approximate surface area is 200 Å². The fraction of sp³-hybridized carbons (Fsp3) is 0.214. The molecule has 4 rings (SSSR count). The summed E-state index contributed by atoms with van der Waals surface area (Å²) in [6.45, 7) is 8.61. The number of nitrogens with zero attached hydrogens (tertiary/aromatic N) is 3. The molecule has 0 atom stereocenters. The van der Waals surface area contributed by atoms with E-state index in [1.807, 2.05) is 61.5 Å². The zero-order valence-corrected chi connectivity index (χ0v) is 20.0. The molecule has 0 unspecified atom stereocenters. The highest BCUT2D eigenvalue weighted by atomic mass is 16.1. The van der Waals surface area contributed by atoms with Crippen LogP contribution in [-0.4, -0.2) is 20.9 Å². The number of aromatic nitrogens is 3. The Hall–Kier alpha value is -4.06. The third-order valence-electron chi connectivity index (χ3n) is 5.34. The number of pyridine rings is 1. The molecule has 0 aliphatic carbocycles. The summed E-state index contributed by atoms with van der Waals surface area (Å²) >= 11 is 0. The summed E-state index contributed by atoms with van der Waals surface area (Å²) in [5, 5.41) is 6.23. The van der Waals surface area contributed by atoms with Crippen LogP contribution in [0.4, 0.5) is 17.3 Å². The molecule has 0 saturated heterocycles. The molecule has 0 saturated carbocycles. The maximum Gasteiger partial charge on any atom is 0.255 e. The molecule has 0 aliphatic heterocycles. The van der Waals surface area contributed by atoms with Crippen molar-refractivity contribution in [2.45, 2.75) is 34.1 Å². The molecule has 0 fully saturated rings. The van der Waals surface area contributed by atoms with Crippen molar-refractivity contribution in [1.82, 2.24) is 15.0 Å². The van der Waals surface area contributed by atoms with Gasteiger partial charge in [0.2, 0.25) is 5.95 Å². The molecule has 1 amide bonds. The first kappa shape index (κ1) is 23.1. The van der Waals surface area contributed by atoms with Crippen LogP contribution >= 0.6 is 0 Å². The van der Waals surface area contributed by atoms with Gasteiger partial charge in [0.15, 0.2) is 0 Å². The number of hydrogen-bond acceptors (Lipinski definition) is 5. The first-order valence-electron chi connectivity index (χ1n) is 11.3. The van der Waals surface area contributed by atoms with Crippen LogP contribution in [0, 0.1) is 12.3 Å². The van der Waals surface area contributed by atoms with Gasteiger partial charge in [-0.2, -0.15) is 0 Å². The number of carbonyl (C=O) groups is 1. The van der Waals surface area contributed by atoms with Crippen LogP contribution in [-0.2, 0) is 6.42 Å². The number of rotatable bonds is 6. The number of anilines is 3. The van der Waals surface area contributed by atoms with E-state index in [0.29, 0.717) is 17.2 Å². The van der Waals surface area contributed by atoms with Crippen molar-refractivity contribution in [2.75, 3.05) is 10.6 Å². The van der Waals surface area contributed by atoms with Crippen molar-refractivity contribution in [3.63, 3.8) is 0 Å². The molecular formula is C28H29N5O. The maximum atomic E-state index is 12.8. The summed E-state index contributed by atoms with van der Waals surface area (Å²) < 4.78 is 0. The molecule has 2 aromatic carbocycles. The van der Waals surface area contributed by atoms with Crippen LogP contribution in [0.25, 0.3) is 11.1 Å². The number of amides is 1. The minimum Gasteiger partial charge on any atom is -0.324 e. The predicted molar refractivity (Wildman–Crippen MR) is 137 cm³/mol. The van der Waals surface area contributed by atoms with E-state index in [2.05, 4.69) is 46.4 Å². The van der Waals surface area contributed by atoms with Crippen molar-refractivity contribution in [3.8, 4) is 11.1 Å². The average Bonchev–Trinajstić information content (AvgIpc) is 2.82. The maximum absolute atomic E-state index is 12.8. The van der Waals surface area contributed by atoms with Gasteiger partial charge in [0, 0.05) is 52.9 Å². The molecule has 0 radical (unpaired) electrons. The molecule has 2 aromatic heterocycles. The van der Waals surface area contributed by atoms with Crippen molar-refractivity contribution >= 4 is 23.2 Å². The minimum absolute atomic E-state index is 0.144. The van der Waals surface area contributed by atoms with Gasteiger partial charge in [-0.15, -0.1) is 0 Å². The Kier molecular flexibility index (Phi) is 6.68. The molecular weight excluding hydrogens is 422 g/mol. The summed E-state index contributed by atoms with van der Waals surface area (Å²) in [6.07, 6.45) is 8.00. The Morgan fingerprint density at radius 3 is 2.29 bits per heavy atom. The van der Waals surface area contributed by atoms with Crippen LogP contribution < -0.4 is 10.6 Å². The number of nitrogens with one attached hydrogen (secondary N) is 2. The lowest BCUT2D eigenvalue weighted by Gasteiger charge is -2.18. The lowest BCUT2D eigenvalue weighted by molar-refractivity contribution is 0.102. The first-order valence-corrected chi connectivity index (χ1v) is 11.3. The fourth-order valence-electron chi connectivity index (χ4n) is 3.62. The SMILES string of the molecule is Cc1ccc(NC(=O)c2ccc(CC(C)(C)C)cc2)cc1Nc1ncc(-c2cccnc2)cn1. The average molecular weight is 452 g/mol. The molecule has 0 aliphatic rings. The monoisotopic (exact) mass is 451 g/mol. The molecule has 6 nitrogen and oxygen atoms in total. The summed E-state index contributed by atoms with van der Waals surface area (Å²) in [7, 11) is 0. The van der Waals surface area contributed by atoms with Gasteiger partial charge in [-0.25, -0.2) is 9.97 Å². The zero-order chi connectivity index (χ0) is 24.1. The third kappa shape index (κ3) is 6.04. The van der Waals surface area contributed by atoms with E-state index >= 15 is 0 Å². The number of benzene rings is 2. The molecule has 34 heavy (non-hydrogen) atoms. The summed E-state index contributed by atoms with van der Waals surface area (Å²) in [5.74, 6) is 0.336. The van der Waals surface area contributed by atoms with Crippen molar-refractivity contribution in [2.24, 2.45) is 5.41 Å². The third-order valence-corrected chi connectivity index (χ3v) is 5.34. The van der Waals surface area contributed by atoms with Crippen LogP contribution in [0.1, 0.15) is 42.3 Å². The lowest BCUT2D eigenvalue weighted by atomic mass is 9.88. The van der Waals surface area contributed by atoms with Crippen molar-refractivity contribution in [3.05, 3.63) is 96.1 Å². The van der Waals surface area contributed by atoms with Gasteiger partial charge in [0.05, 0.1) is 0 Å². The van der Waals surface area contributed by atoms with Crippen LogP contribution in [0.5, 0.6) is 0 Å². The summed E-state index contributed by atoms with van der Waals surface area (Å²) in [5.41, 5.74) is 6.45. The fourth-order valence-corrected chi connectivity index (χ4v) is 3.62. The van der Waals surface area contributed by atoms with E-state index in [-0.39, 0.29) is 11.3 Å². The van der Waals surface area contributed by atoms with Gasteiger partial charge in [0.1, 0.15) is 0 Å². The van der Waals surface area contributed by atoms with E-state index in [9.17, 15) is 4.79 Å². The molecule has 4 aromatic rings. The second-order valence-corrected chi connectivity index (χ2v) is 9.58. The van der Waals surface area contributed by atoms with E-state index in [4.69, 9.17) is 0 Å². The molecule has 0 spiro atoms. The first-order chi connectivity index (χ1) is 16.3. The van der Waals surface area contributed by atoms with E-state index in [1.165, 1.54) is 5.56 Å². The van der Waals surface area contributed by atoms with Gasteiger partial charge in [0.25, 0.3) is 5.91 Å². The van der Waals surface area contributed by atoms with Crippen LogP contribution in [0.3, 0.4) is 0 Å². The van der Waals surface area contributed by atoms with Crippen molar-refractivity contribution in [1.29, 1.82) is 0 Å². The quantitative estimate of drug-likeness (QED) is 0.353. The standard InChI is InChI=1S/C28H29N5O/c1-19-7-12-24(32-26(34)21-10-8-20(9-11-21)15-28(2,3)4)14-25(19)33-27-30-17-23(18-31-27)22-6-5-13-29-16-22/h5-14,16-18H,15H2,1-4H3,(H,32,34)(H,30,31,33). The van der Waals surface area contributed by atoms with Gasteiger partial charge < -0.3 is 10.6 Å². The van der Waals surface area contributed by atoms with Gasteiger partial charge in [-0.1, -0.05) is 45.0 Å². The zero-order valence-electron chi connectivity index (χ0n) is 20.0. The number of hydrogen-bond donors (Lipinski definition) is 2. The molecule has 2 heterocycles. The minimum atomic E-state index is -0.144. The van der Waals surface area contributed by atoms with E-state index in [1.54, 1.807) is 24.8 Å². The largest absolute Gasteiger partial charge is 0.324 e. The van der Waals surface area contributed by atoms with E-state index in [0.717, 1.165) is 28.8 Å². The highest BCUT2D eigenvalue weighted by Gasteiger charge is 2.13.